The topological polar surface area (TPSA) is 88.8 Å². The van der Waals surface area contributed by atoms with Crippen molar-refractivity contribution in [1.82, 2.24) is 19.8 Å². The quantitative estimate of drug-likeness (QED) is 0.350. The second kappa shape index (κ2) is 12.5. The van der Waals surface area contributed by atoms with Crippen LogP contribution in [0, 0.1) is 30.6 Å². The molecule has 234 valence electrons. The van der Waals surface area contributed by atoms with Crippen molar-refractivity contribution in [3.63, 3.8) is 0 Å². The van der Waals surface area contributed by atoms with Crippen LogP contribution in [0.25, 0.3) is 10.8 Å². The average molecular weight is 614 g/mol. The molecule has 3 aromatic rings. The van der Waals surface area contributed by atoms with E-state index in [1.165, 1.54) is 16.3 Å². The summed E-state index contributed by atoms with van der Waals surface area (Å²) < 4.78 is 32.9. The van der Waals surface area contributed by atoms with E-state index in [0.29, 0.717) is 39.1 Å². The number of likely N-dealkylation sites (N-methyl/N-ethyl adjacent to an activating group) is 1. The highest BCUT2D eigenvalue weighted by Gasteiger charge is 2.46. The number of nitrogens with zero attached hydrogens (tertiary/aromatic N) is 7. The van der Waals surface area contributed by atoms with Crippen LogP contribution in [0.1, 0.15) is 36.1 Å². The van der Waals surface area contributed by atoms with Gasteiger partial charge in [-0.2, -0.15) is 15.2 Å². The van der Waals surface area contributed by atoms with Crippen molar-refractivity contribution >= 4 is 28.2 Å². The summed E-state index contributed by atoms with van der Waals surface area (Å²) in [6.45, 7) is 5.47. The molecule has 6 rings (SSSR count). The van der Waals surface area contributed by atoms with E-state index in [2.05, 4.69) is 65.1 Å². The molecule has 0 spiro atoms. The van der Waals surface area contributed by atoms with E-state index in [9.17, 15) is 18.8 Å². The van der Waals surface area contributed by atoms with Gasteiger partial charge < -0.3 is 19.4 Å². The minimum absolute atomic E-state index is 0.134. The molecule has 0 N–H and O–H groups in total. The van der Waals surface area contributed by atoms with Gasteiger partial charge in [-0.05, 0) is 43.3 Å². The average Bonchev–Trinajstić information content (AvgIpc) is 3.02. The lowest BCUT2D eigenvalue weighted by Crippen LogP contribution is -2.55. The normalized spacial score (nSPS) is 19.5. The van der Waals surface area contributed by atoms with Crippen molar-refractivity contribution in [3.05, 3.63) is 53.2 Å². The van der Waals surface area contributed by atoms with Crippen LogP contribution in [0.15, 0.2) is 36.4 Å². The van der Waals surface area contributed by atoms with Gasteiger partial charge in [0.2, 0.25) is 0 Å². The van der Waals surface area contributed by atoms with Crippen LogP contribution in [0.5, 0.6) is 6.01 Å². The molecule has 2 aliphatic heterocycles. The van der Waals surface area contributed by atoms with Gasteiger partial charge in [0.15, 0.2) is 0 Å². The Kier molecular flexibility index (Phi) is 8.48. The number of nitriles is 1. The molecule has 2 fully saturated rings. The third kappa shape index (κ3) is 6.23. The monoisotopic (exact) mass is 613 g/mol. The molecule has 1 aromatic heterocycles. The number of fused-ring (bicyclic) bond motifs is 2. The molecule has 3 aliphatic rings. The van der Waals surface area contributed by atoms with E-state index in [4.69, 9.17) is 21.1 Å². The van der Waals surface area contributed by atoms with Crippen molar-refractivity contribution in [2.24, 2.45) is 0 Å². The number of ether oxygens (including phenoxy) is 1. The van der Waals surface area contributed by atoms with Gasteiger partial charge >= 0.3 is 6.01 Å². The lowest BCUT2D eigenvalue weighted by atomic mass is 9.87. The fourth-order valence-electron chi connectivity index (χ4n) is 6.77. The number of terminal acetylenes is 1. The maximum Gasteiger partial charge on any atom is 0.318 e. The second-order valence-electron chi connectivity index (χ2n) is 12.2. The van der Waals surface area contributed by atoms with Crippen LogP contribution >= 0.6 is 0 Å². The van der Waals surface area contributed by atoms with Gasteiger partial charge in [0, 0.05) is 68.2 Å². The largest absolute Gasteiger partial charge is 0.462 e. The number of amides is 1. The summed E-state index contributed by atoms with van der Waals surface area (Å²) in [6, 6.07) is 14.6. The van der Waals surface area contributed by atoms with Gasteiger partial charge in [0.1, 0.15) is 12.4 Å². The molecule has 1 saturated carbocycles. The van der Waals surface area contributed by atoms with Crippen LogP contribution in [0.4, 0.5) is 20.3 Å². The predicted octanol–water partition coefficient (Wildman–Crippen LogP) is 4.17. The molecule has 3 heterocycles. The molecule has 0 unspecified atom stereocenters. The number of hydrogen-bond donors (Lipinski definition) is 0. The van der Waals surface area contributed by atoms with Gasteiger partial charge in [-0.1, -0.05) is 30.3 Å². The number of alkyl halides is 2. The number of piperazine rings is 1. The summed E-state index contributed by atoms with van der Waals surface area (Å²) in [5.41, 5.74) is 4.24. The number of halogens is 2. The summed E-state index contributed by atoms with van der Waals surface area (Å²) in [4.78, 5) is 30.1. The molecule has 45 heavy (non-hydrogen) atoms. The number of benzene rings is 2. The van der Waals surface area contributed by atoms with Crippen LogP contribution in [-0.2, 0) is 17.8 Å². The highest BCUT2D eigenvalue weighted by molar-refractivity contribution is 5.97. The standard InChI is InChI=1S/C34H37F2N7O2/c1-4-30(44)43-16-15-42(21-25(43)11-13-37)32-27-12-14-41(29-10-6-9-24-8-5-7-23(2)31(24)29)22-28(27)38-33(39-32)45-18-17-40(3)26-19-34(35,36)20-26/h1,5-10,25-26H,11-12,14-22H2,2-3H3/t25-/m0/s1. The minimum Gasteiger partial charge on any atom is -0.462 e. The minimum atomic E-state index is -2.58. The second-order valence-corrected chi connectivity index (χ2v) is 12.2. The Bertz CT molecular complexity index is 1670. The molecule has 2 aromatic carbocycles. The third-order valence-electron chi connectivity index (χ3n) is 9.32. The third-order valence-corrected chi connectivity index (χ3v) is 9.32. The Hall–Kier alpha value is -4.48. The summed E-state index contributed by atoms with van der Waals surface area (Å²) in [5, 5.41) is 11.9. The number of aromatic nitrogens is 2. The van der Waals surface area contributed by atoms with Gasteiger partial charge in [-0.15, -0.1) is 6.42 Å². The molecule has 0 radical (unpaired) electrons. The number of hydrogen-bond acceptors (Lipinski definition) is 8. The van der Waals surface area contributed by atoms with Gasteiger partial charge in [-0.25, -0.2) is 8.78 Å². The zero-order valence-corrected chi connectivity index (χ0v) is 25.7. The fourth-order valence-corrected chi connectivity index (χ4v) is 6.77. The molecular formula is C34H37F2N7O2. The van der Waals surface area contributed by atoms with Gasteiger partial charge in [0.25, 0.3) is 11.8 Å². The highest BCUT2D eigenvalue weighted by atomic mass is 19.3. The smallest absolute Gasteiger partial charge is 0.318 e. The molecule has 0 bridgehead atoms. The summed E-state index contributed by atoms with van der Waals surface area (Å²) >= 11 is 0. The lowest BCUT2D eigenvalue weighted by Gasteiger charge is -2.42. The molecule has 1 amide bonds. The van der Waals surface area contributed by atoms with Crippen LogP contribution < -0.4 is 14.5 Å². The van der Waals surface area contributed by atoms with E-state index in [1.54, 1.807) is 4.90 Å². The number of aryl methyl sites for hydroxylation is 1. The molecule has 1 aliphatic carbocycles. The van der Waals surface area contributed by atoms with Crippen molar-refractivity contribution in [3.8, 4) is 24.4 Å². The number of rotatable bonds is 8. The maximum absolute atomic E-state index is 13.4. The van der Waals surface area contributed by atoms with E-state index >= 15 is 0 Å². The summed E-state index contributed by atoms with van der Waals surface area (Å²) in [5.74, 6) is -0.0677. The SMILES string of the molecule is C#CC(=O)N1CCN(c2nc(OCCN(C)C3CC(F)(F)C3)nc3c2CCN(c2cccc4cccc(C)c24)C3)C[C@@H]1CC#N. The first kappa shape index (κ1) is 30.5. The van der Waals surface area contributed by atoms with Gasteiger partial charge in [-0.3, -0.25) is 9.69 Å². The zero-order valence-electron chi connectivity index (χ0n) is 25.7. The summed E-state index contributed by atoms with van der Waals surface area (Å²) in [7, 11) is 1.83. The number of carbonyl (C=O) groups excluding carboxylic acids is 1. The van der Waals surface area contributed by atoms with Crippen molar-refractivity contribution in [2.45, 2.75) is 57.2 Å². The molecule has 11 heteroatoms. The maximum atomic E-state index is 13.4. The van der Waals surface area contributed by atoms with Crippen molar-refractivity contribution in [1.29, 1.82) is 5.26 Å². The fraction of sp³-hybridized carbons (Fsp3) is 0.471. The van der Waals surface area contributed by atoms with E-state index < -0.39 is 11.8 Å². The molecular weight excluding hydrogens is 576 g/mol. The van der Waals surface area contributed by atoms with E-state index in [-0.39, 0.29) is 44.0 Å². The zero-order chi connectivity index (χ0) is 31.7. The number of anilines is 2. The Balaban J connectivity index is 1.28. The lowest BCUT2D eigenvalue weighted by molar-refractivity contribution is -0.127. The Labute approximate surface area is 262 Å². The van der Waals surface area contributed by atoms with Crippen LogP contribution in [0.3, 0.4) is 0 Å². The first-order chi connectivity index (χ1) is 21.7. The predicted molar refractivity (Wildman–Crippen MR) is 168 cm³/mol. The first-order valence-electron chi connectivity index (χ1n) is 15.4. The molecule has 1 saturated heterocycles. The molecule has 9 nitrogen and oxygen atoms in total. The number of carbonyl (C=O) groups is 1. The van der Waals surface area contributed by atoms with E-state index in [1.807, 2.05) is 11.9 Å². The van der Waals surface area contributed by atoms with Crippen LogP contribution in [-0.4, -0.2) is 90.1 Å². The Morgan fingerprint density at radius 2 is 1.93 bits per heavy atom. The van der Waals surface area contributed by atoms with Crippen LogP contribution in [0.2, 0.25) is 0 Å². The van der Waals surface area contributed by atoms with Gasteiger partial charge in [0.05, 0.1) is 30.8 Å². The van der Waals surface area contributed by atoms with Crippen molar-refractivity contribution in [2.75, 3.05) is 56.2 Å². The van der Waals surface area contributed by atoms with Crippen molar-refractivity contribution < 1.29 is 18.3 Å². The Morgan fingerprint density at radius 3 is 2.67 bits per heavy atom. The molecule has 1 atom stereocenters. The highest BCUT2D eigenvalue weighted by Crippen LogP contribution is 2.40. The summed E-state index contributed by atoms with van der Waals surface area (Å²) in [6.07, 6.45) is 6.01. The first-order valence-corrected chi connectivity index (χ1v) is 15.4. The Morgan fingerprint density at radius 1 is 1.16 bits per heavy atom. The van der Waals surface area contributed by atoms with E-state index in [0.717, 1.165) is 29.3 Å².